The lowest BCUT2D eigenvalue weighted by Gasteiger charge is -2.23. The first-order valence-corrected chi connectivity index (χ1v) is 9.41. The van der Waals surface area contributed by atoms with Crippen molar-refractivity contribution in [2.24, 2.45) is 12.0 Å². The fraction of sp³-hybridized carbons (Fsp3) is 0.450. The fourth-order valence-corrected chi connectivity index (χ4v) is 3.20. The van der Waals surface area contributed by atoms with Crippen LogP contribution in [0.25, 0.3) is 0 Å². The predicted molar refractivity (Wildman–Crippen MR) is 128 cm³/mol. The van der Waals surface area contributed by atoms with Crippen molar-refractivity contribution in [2.45, 2.75) is 20.0 Å². The van der Waals surface area contributed by atoms with E-state index in [-0.39, 0.29) is 24.0 Å². The molecule has 1 heterocycles. The van der Waals surface area contributed by atoms with Crippen LogP contribution >= 0.6 is 35.6 Å². The van der Waals surface area contributed by atoms with Crippen molar-refractivity contribution in [3.05, 3.63) is 40.7 Å². The Morgan fingerprint density at radius 2 is 1.83 bits per heavy atom. The molecule has 0 radical (unpaired) electrons. The Labute approximate surface area is 195 Å². The van der Waals surface area contributed by atoms with E-state index in [9.17, 15) is 0 Å². The van der Waals surface area contributed by atoms with E-state index in [1.807, 2.05) is 54.9 Å². The van der Waals surface area contributed by atoms with E-state index in [0.29, 0.717) is 36.9 Å². The number of ether oxygens (including phenoxy) is 3. The topological polar surface area (TPSA) is 60.2 Å². The Kier molecular flexibility index (Phi) is 10.5. The summed E-state index contributed by atoms with van der Waals surface area (Å²) in [5.41, 5.74) is 2.09. The summed E-state index contributed by atoms with van der Waals surface area (Å²) in [6, 6.07) is 5.82. The van der Waals surface area contributed by atoms with Gasteiger partial charge in [-0.15, -0.1) is 24.0 Å². The number of aromatic nitrogens is 1. The van der Waals surface area contributed by atoms with Crippen LogP contribution in [0.1, 0.15) is 18.2 Å². The fourth-order valence-electron chi connectivity index (χ4n) is 2.93. The maximum atomic E-state index is 6.08. The van der Waals surface area contributed by atoms with Crippen LogP contribution in [0.15, 0.2) is 29.4 Å². The highest BCUT2D eigenvalue weighted by atomic mass is 127. The summed E-state index contributed by atoms with van der Waals surface area (Å²) in [6.07, 6.45) is 1.89. The van der Waals surface area contributed by atoms with Gasteiger partial charge >= 0.3 is 0 Å². The van der Waals surface area contributed by atoms with Crippen LogP contribution in [0.5, 0.6) is 17.2 Å². The molecular weight excluding hydrogens is 507 g/mol. The largest absolute Gasteiger partial charge is 0.493 e. The quantitative estimate of drug-likeness (QED) is 0.315. The maximum Gasteiger partial charge on any atom is 0.203 e. The van der Waals surface area contributed by atoms with Crippen molar-refractivity contribution < 1.29 is 14.2 Å². The van der Waals surface area contributed by atoms with Gasteiger partial charge in [0.15, 0.2) is 17.5 Å². The highest BCUT2D eigenvalue weighted by molar-refractivity contribution is 14.0. The molecule has 162 valence electrons. The van der Waals surface area contributed by atoms with Crippen molar-refractivity contribution in [2.75, 3.05) is 34.9 Å². The Hall–Kier alpha value is -1.81. The van der Waals surface area contributed by atoms with E-state index < -0.39 is 0 Å². The van der Waals surface area contributed by atoms with Crippen molar-refractivity contribution in [3.63, 3.8) is 0 Å². The third kappa shape index (κ3) is 6.60. The zero-order chi connectivity index (χ0) is 20.7. The van der Waals surface area contributed by atoms with E-state index in [1.165, 1.54) is 0 Å². The lowest BCUT2D eigenvalue weighted by molar-refractivity contribution is 0.288. The Morgan fingerprint density at radius 3 is 2.28 bits per heavy atom. The number of hydrogen-bond acceptors (Lipinski definition) is 4. The first-order chi connectivity index (χ1) is 13.4. The first-order valence-electron chi connectivity index (χ1n) is 9.03. The number of hydrogen-bond donors (Lipinski definition) is 1. The second-order valence-electron chi connectivity index (χ2n) is 6.28. The molecule has 0 aliphatic carbocycles. The number of nitrogens with one attached hydrogen (secondary N) is 1. The van der Waals surface area contributed by atoms with Crippen LogP contribution in [0, 0.1) is 0 Å². The molecule has 0 aliphatic heterocycles. The number of nitrogens with zero attached hydrogens (tertiary/aromatic N) is 3. The lowest BCUT2D eigenvalue weighted by atomic mass is 10.1. The van der Waals surface area contributed by atoms with E-state index >= 15 is 0 Å². The summed E-state index contributed by atoms with van der Waals surface area (Å²) in [5, 5.41) is 4.09. The van der Waals surface area contributed by atoms with Gasteiger partial charge in [0.2, 0.25) is 5.75 Å². The summed E-state index contributed by atoms with van der Waals surface area (Å²) in [5.74, 6) is 2.65. The summed E-state index contributed by atoms with van der Waals surface area (Å²) in [7, 11) is 8.95. The molecule has 1 aromatic carbocycles. The minimum Gasteiger partial charge on any atom is -0.493 e. The minimum atomic E-state index is 0. The molecule has 1 aromatic heterocycles. The van der Waals surface area contributed by atoms with Gasteiger partial charge in [0.1, 0.15) is 0 Å². The van der Waals surface area contributed by atoms with Gasteiger partial charge in [0.25, 0.3) is 0 Å². The van der Waals surface area contributed by atoms with Crippen molar-refractivity contribution >= 4 is 41.5 Å². The van der Waals surface area contributed by atoms with Gasteiger partial charge in [-0.1, -0.05) is 11.6 Å². The normalized spacial score (nSPS) is 10.9. The van der Waals surface area contributed by atoms with Gasteiger partial charge in [-0.3, -0.25) is 4.99 Å². The summed E-state index contributed by atoms with van der Waals surface area (Å²) >= 11 is 6.08. The van der Waals surface area contributed by atoms with Gasteiger partial charge in [0, 0.05) is 39.6 Å². The second kappa shape index (κ2) is 12.0. The minimum absolute atomic E-state index is 0. The van der Waals surface area contributed by atoms with Gasteiger partial charge in [-0.2, -0.15) is 0 Å². The Balaban J connectivity index is 0.00000420. The molecule has 29 heavy (non-hydrogen) atoms. The molecule has 0 unspecified atom stereocenters. The first kappa shape index (κ1) is 25.2. The molecular formula is C20H30ClIN4O3. The van der Waals surface area contributed by atoms with Gasteiger partial charge < -0.3 is 29.0 Å². The smallest absolute Gasteiger partial charge is 0.203 e. The molecule has 0 aliphatic rings. The number of benzene rings is 1. The highest BCUT2D eigenvalue weighted by Gasteiger charge is 2.15. The molecule has 1 N–H and O–H groups in total. The molecule has 0 saturated heterocycles. The van der Waals surface area contributed by atoms with Crippen LogP contribution in [0.4, 0.5) is 0 Å². The third-order valence-corrected chi connectivity index (χ3v) is 4.51. The summed E-state index contributed by atoms with van der Waals surface area (Å²) in [4.78, 5) is 6.41. The van der Waals surface area contributed by atoms with Gasteiger partial charge in [-0.05, 0) is 30.7 Å². The van der Waals surface area contributed by atoms with E-state index in [0.717, 1.165) is 22.2 Å². The number of guanidine groups is 1. The number of aliphatic imine (C=N–C) groups is 1. The van der Waals surface area contributed by atoms with E-state index in [2.05, 4.69) is 10.3 Å². The molecule has 0 atom stereocenters. The van der Waals surface area contributed by atoms with Crippen molar-refractivity contribution in [3.8, 4) is 17.2 Å². The number of rotatable bonds is 8. The molecule has 0 spiro atoms. The predicted octanol–water partition coefficient (Wildman–Crippen LogP) is 3.92. The number of aryl methyl sites for hydroxylation is 1. The highest BCUT2D eigenvalue weighted by Crippen LogP contribution is 2.38. The summed E-state index contributed by atoms with van der Waals surface area (Å²) < 4.78 is 18.6. The molecule has 9 heteroatoms. The number of halogens is 2. The lowest BCUT2D eigenvalue weighted by Crippen LogP contribution is -2.38. The van der Waals surface area contributed by atoms with Crippen LogP contribution in [0.2, 0.25) is 5.02 Å². The molecule has 2 rings (SSSR count). The monoisotopic (exact) mass is 536 g/mol. The molecule has 7 nitrogen and oxygen atoms in total. The third-order valence-electron chi connectivity index (χ3n) is 4.31. The van der Waals surface area contributed by atoms with E-state index in [4.69, 9.17) is 25.8 Å². The molecule has 0 amide bonds. The molecule has 0 saturated carbocycles. The second-order valence-corrected chi connectivity index (χ2v) is 6.72. The molecule has 2 aromatic rings. The maximum absolute atomic E-state index is 6.08. The van der Waals surface area contributed by atoms with E-state index in [1.54, 1.807) is 21.3 Å². The Bertz CT molecular complexity index is 801. The SMILES string of the molecule is CCOc1c(OC)cc(CNC(=NC)N(C)Cc2cc(Cl)cn2C)cc1OC.I. The van der Waals surface area contributed by atoms with Crippen LogP contribution < -0.4 is 19.5 Å². The average molecular weight is 537 g/mol. The summed E-state index contributed by atoms with van der Waals surface area (Å²) in [6.45, 7) is 3.70. The van der Waals surface area contributed by atoms with Crippen LogP contribution in [-0.2, 0) is 20.1 Å². The standard InChI is InChI=1S/C20H29ClN4O3.HI/c1-7-28-19-17(26-5)8-14(9-18(19)27-6)11-23-20(22-2)25(4)13-16-10-15(21)12-24(16)3;/h8-10,12H,7,11,13H2,1-6H3,(H,22,23);1H. The van der Waals surface area contributed by atoms with Crippen molar-refractivity contribution in [1.29, 1.82) is 0 Å². The number of methoxy groups -OCH3 is 2. The zero-order valence-corrected chi connectivity index (χ0v) is 20.9. The Morgan fingerprint density at radius 1 is 1.21 bits per heavy atom. The van der Waals surface area contributed by atoms with Gasteiger partial charge in [-0.25, -0.2) is 0 Å². The molecule has 0 fully saturated rings. The molecule has 0 bridgehead atoms. The van der Waals surface area contributed by atoms with Crippen LogP contribution in [0.3, 0.4) is 0 Å². The van der Waals surface area contributed by atoms with Gasteiger partial charge in [0.05, 0.1) is 32.4 Å². The van der Waals surface area contributed by atoms with Crippen LogP contribution in [-0.4, -0.2) is 50.3 Å². The van der Waals surface area contributed by atoms with Crippen molar-refractivity contribution in [1.82, 2.24) is 14.8 Å². The average Bonchev–Trinajstić information content (AvgIpc) is 2.99. The zero-order valence-electron chi connectivity index (χ0n) is 17.8.